The first-order valence-electron chi connectivity index (χ1n) is 7.10. The van der Waals surface area contributed by atoms with Crippen molar-refractivity contribution >= 4 is 8.07 Å². The van der Waals surface area contributed by atoms with Crippen LogP contribution in [0, 0.1) is 11.8 Å². The molecule has 1 aromatic carbocycles. The Hall–Kier alpha value is -1.28. The van der Waals surface area contributed by atoms with Gasteiger partial charge in [-0.05, 0) is 23.2 Å². The van der Waals surface area contributed by atoms with E-state index in [4.69, 9.17) is 9.47 Å². The van der Waals surface area contributed by atoms with Gasteiger partial charge in [-0.1, -0.05) is 51.8 Å². The maximum atomic E-state index is 10.4. The van der Waals surface area contributed by atoms with Crippen LogP contribution < -0.4 is 4.74 Å². The molecule has 0 radical (unpaired) electrons. The number of aliphatic hydroxyl groups is 1. The van der Waals surface area contributed by atoms with Gasteiger partial charge in [-0.15, -0.1) is 0 Å². The van der Waals surface area contributed by atoms with Gasteiger partial charge in [0.1, 0.15) is 19.6 Å². The van der Waals surface area contributed by atoms with Crippen LogP contribution in [0.15, 0.2) is 24.3 Å². The van der Waals surface area contributed by atoms with Gasteiger partial charge in [-0.2, -0.15) is 0 Å². The topological polar surface area (TPSA) is 38.7 Å². The van der Waals surface area contributed by atoms with E-state index in [1.807, 2.05) is 24.3 Å². The summed E-state index contributed by atoms with van der Waals surface area (Å²) < 4.78 is 10.3. The molecule has 1 atom stereocenters. The number of hydrogen-bond acceptors (Lipinski definition) is 3. The minimum absolute atomic E-state index is 0.102. The molecular formula is C17H26O3Si. The standard InChI is InChI=1S/C17H26O3Si/c1-17(2,3)21(5,6)16(18)11-10-14-8-7-9-15(12-14)20-13-19-4/h7-9,12,16,18H,13H2,1-6H3. The van der Waals surface area contributed by atoms with Crippen molar-refractivity contribution in [2.75, 3.05) is 13.9 Å². The molecule has 4 heteroatoms. The van der Waals surface area contributed by atoms with E-state index < -0.39 is 13.8 Å². The third-order valence-electron chi connectivity index (χ3n) is 4.15. The fourth-order valence-corrected chi connectivity index (χ4v) is 2.79. The summed E-state index contributed by atoms with van der Waals surface area (Å²) in [6.07, 6.45) is 0. The maximum absolute atomic E-state index is 10.4. The largest absolute Gasteiger partial charge is 0.468 e. The zero-order chi connectivity index (χ0) is 16.1. The molecule has 0 heterocycles. The number of ether oxygens (including phenoxy) is 2. The first-order valence-corrected chi connectivity index (χ1v) is 10.2. The van der Waals surface area contributed by atoms with Crippen molar-refractivity contribution < 1.29 is 14.6 Å². The maximum Gasteiger partial charge on any atom is 0.188 e. The Bertz CT molecular complexity index is 521. The number of aliphatic hydroxyl groups excluding tert-OH is 1. The molecule has 116 valence electrons. The highest BCUT2D eigenvalue weighted by atomic mass is 28.3. The van der Waals surface area contributed by atoms with Gasteiger partial charge in [0.15, 0.2) is 6.79 Å². The first-order chi connectivity index (χ1) is 9.68. The molecule has 0 bridgehead atoms. The van der Waals surface area contributed by atoms with Gasteiger partial charge >= 0.3 is 0 Å². The average Bonchev–Trinajstić information content (AvgIpc) is 2.41. The minimum Gasteiger partial charge on any atom is -0.468 e. The Kier molecular flexibility index (Phi) is 6.03. The monoisotopic (exact) mass is 306 g/mol. The Morgan fingerprint density at radius 2 is 1.95 bits per heavy atom. The van der Waals surface area contributed by atoms with Crippen molar-refractivity contribution in [3.63, 3.8) is 0 Å². The highest BCUT2D eigenvalue weighted by molar-refractivity contribution is 6.81. The second-order valence-electron chi connectivity index (χ2n) is 6.72. The molecule has 0 aliphatic rings. The fourth-order valence-electron chi connectivity index (χ4n) is 1.53. The Morgan fingerprint density at radius 3 is 2.52 bits per heavy atom. The number of hydrogen-bond donors (Lipinski definition) is 1. The van der Waals surface area contributed by atoms with E-state index in [1.165, 1.54) is 0 Å². The van der Waals surface area contributed by atoms with Crippen molar-refractivity contribution in [2.24, 2.45) is 0 Å². The van der Waals surface area contributed by atoms with Crippen LogP contribution in [0.4, 0.5) is 0 Å². The summed E-state index contributed by atoms with van der Waals surface area (Å²) in [5, 5.41) is 10.5. The number of rotatable bonds is 4. The Balaban J connectivity index is 2.87. The van der Waals surface area contributed by atoms with Crippen LogP contribution in [0.1, 0.15) is 26.3 Å². The second-order valence-corrected chi connectivity index (χ2v) is 12.2. The van der Waals surface area contributed by atoms with Crippen LogP contribution in [0.5, 0.6) is 5.75 Å². The number of benzene rings is 1. The van der Waals surface area contributed by atoms with Gasteiger partial charge < -0.3 is 14.6 Å². The van der Waals surface area contributed by atoms with Crippen LogP contribution >= 0.6 is 0 Å². The summed E-state index contributed by atoms with van der Waals surface area (Å²) in [6.45, 7) is 11.1. The number of methoxy groups -OCH3 is 1. The highest BCUT2D eigenvalue weighted by Gasteiger charge is 2.40. The van der Waals surface area contributed by atoms with Crippen LogP contribution in [-0.4, -0.2) is 32.8 Å². The van der Waals surface area contributed by atoms with E-state index in [0.29, 0.717) is 5.75 Å². The molecule has 0 amide bonds. The van der Waals surface area contributed by atoms with E-state index in [-0.39, 0.29) is 11.8 Å². The summed E-state index contributed by atoms with van der Waals surface area (Å²) >= 11 is 0. The van der Waals surface area contributed by atoms with Gasteiger partial charge in [-0.25, -0.2) is 0 Å². The third kappa shape index (κ3) is 4.89. The zero-order valence-corrected chi connectivity index (χ0v) is 14.9. The molecule has 21 heavy (non-hydrogen) atoms. The summed E-state index contributed by atoms with van der Waals surface area (Å²) in [7, 11) is -0.283. The normalized spacial score (nSPS) is 13.3. The molecule has 0 aliphatic heterocycles. The van der Waals surface area contributed by atoms with Crippen LogP contribution in [0.2, 0.25) is 18.1 Å². The van der Waals surface area contributed by atoms with Gasteiger partial charge in [-0.3, -0.25) is 0 Å². The molecule has 0 aromatic heterocycles. The molecule has 0 spiro atoms. The van der Waals surface area contributed by atoms with Crippen molar-refractivity contribution in [1.82, 2.24) is 0 Å². The summed E-state index contributed by atoms with van der Waals surface area (Å²) in [5.74, 6) is 6.78. The average molecular weight is 306 g/mol. The predicted octanol–water partition coefficient (Wildman–Crippen LogP) is 3.43. The molecule has 0 saturated heterocycles. The van der Waals surface area contributed by atoms with Crippen LogP contribution in [0.3, 0.4) is 0 Å². The van der Waals surface area contributed by atoms with Gasteiger partial charge in [0.05, 0.1) is 0 Å². The van der Waals surface area contributed by atoms with E-state index in [2.05, 4.69) is 45.7 Å². The van der Waals surface area contributed by atoms with Gasteiger partial charge in [0.25, 0.3) is 0 Å². The lowest BCUT2D eigenvalue weighted by molar-refractivity contribution is 0.0511. The Labute approximate surface area is 129 Å². The first kappa shape index (κ1) is 17.8. The Morgan fingerprint density at radius 1 is 1.29 bits per heavy atom. The molecule has 1 aromatic rings. The SMILES string of the molecule is COCOc1cccc(C#CC(O)[Si](C)(C)C(C)(C)C)c1. The van der Waals surface area contributed by atoms with Crippen LogP contribution in [0.25, 0.3) is 0 Å². The molecule has 1 rings (SSSR count). The lowest BCUT2D eigenvalue weighted by atomic mass is 10.2. The lowest BCUT2D eigenvalue weighted by Gasteiger charge is -2.38. The van der Waals surface area contributed by atoms with E-state index in [9.17, 15) is 5.11 Å². The lowest BCUT2D eigenvalue weighted by Crippen LogP contribution is -2.48. The van der Waals surface area contributed by atoms with Crippen molar-refractivity contribution in [2.45, 2.75) is 44.6 Å². The molecule has 0 aliphatic carbocycles. The van der Waals surface area contributed by atoms with E-state index in [1.54, 1.807) is 7.11 Å². The van der Waals surface area contributed by atoms with Crippen molar-refractivity contribution in [3.8, 4) is 17.6 Å². The molecule has 3 nitrogen and oxygen atoms in total. The quantitative estimate of drug-likeness (QED) is 0.526. The molecular weight excluding hydrogens is 280 g/mol. The molecule has 1 N–H and O–H groups in total. The van der Waals surface area contributed by atoms with E-state index in [0.717, 1.165) is 5.56 Å². The van der Waals surface area contributed by atoms with Crippen LogP contribution in [-0.2, 0) is 4.74 Å². The smallest absolute Gasteiger partial charge is 0.188 e. The van der Waals surface area contributed by atoms with E-state index >= 15 is 0 Å². The molecule has 0 fully saturated rings. The zero-order valence-electron chi connectivity index (χ0n) is 13.9. The molecule has 0 saturated carbocycles. The van der Waals surface area contributed by atoms with Crippen molar-refractivity contribution in [3.05, 3.63) is 29.8 Å². The molecule has 1 unspecified atom stereocenters. The predicted molar refractivity (Wildman–Crippen MR) is 89.0 cm³/mol. The van der Waals surface area contributed by atoms with Crippen molar-refractivity contribution in [1.29, 1.82) is 0 Å². The summed E-state index contributed by atoms with van der Waals surface area (Å²) in [6, 6.07) is 7.50. The minimum atomic E-state index is -1.87. The summed E-state index contributed by atoms with van der Waals surface area (Å²) in [4.78, 5) is 0. The third-order valence-corrected chi connectivity index (χ3v) is 9.52. The summed E-state index contributed by atoms with van der Waals surface area (Å²) in [5.41, 5.74) is 0.280. The fraction of sp³-hybridized carbons (Fsp3) is 0.529. The van der Waals surface area contributed by atoms with Gasteiger partial charge in [0.2, 0.25) is 0 Å². The van der Waals surface area contributed by atoms with Gasteiger partial charge in [0, 0.05) is 12.7 Å². The highest BCUT2D eigenvalue weighted by Crippen LogP contribution is 2.37. The second kappa shape index (κ2) is 7.12.